The molecule has 2 rings (SSSR count). The van der Waals surface area contributed by atoms with Gasteiger partial charge in [0.05, 0.1) is 4.92 Å². The van der Waals surface area contributed by atoms with Crippen LogP contribution in [0.25, 0.3) is 6.08 Å². The van der Waals surface area contributed by atoms with Crippen molar-refractivity contribution in [3.63, 3.8) is 0 Å². The molecule has 0 aromatic heterocycles. The number of carbonyl (C=O) groups excluding carboxylic acids is 1. The van der Waals surface area contributed by atoms with Crippen LogP contribution in [0.5, 0.6) is 0 Å². The lowest BCUT2D eigenvalue weighted by molar-refractivity contribution is -0.385. The van der Waals surface area contributed by atoms with Gasteiger partial charge in [0.25, 0.3) is 5.69 Å². The monoisotopic (exact) mass is 281 g/mol. The van der Waals surface area contributed by atoms with Crippen LogP contribution < -0.4 is 0 Å². The van der Waals surface area contributed by atoms with Gasteiger partial charge < -0.3 is 0 Å². The molecule has 106 valence electrons. The lowest BCUT2D eigenvalue weighted by Crippen LogP contribution is -1.95. The summed E-state index contributed by atoms with van der Waals surface area (Å²) in [5.74, 6) is -0.127. The van der Waals surface area contributed by atoms with Gasteiger partial charge in [-0.25, -0.2) is 0 Å². The molecular weight excluding hydrogens is 266 g/mol. The van der Waals surface area contributed by atoms with Crippen molar-refractivity contribution >= 4 is 17.5 Å². The number of hydrogen-bond donors (Lipinski definition) is 0. The van der Waals surface area contributed by atoms with E-state index in [2.05, 4.69) is 0 Å². The van der Waals surface area contributed by atoms with Crippen LogP contribution in [0.15, 0.2) is 54.6 Å². The Morgan fingerprint density at radius 1 is 1.19 bits per heavy atom. The molecule has 0 saturated heterocycles. The van der Waals surface area contributed by atoms with E-state index in [9.17, 15) is 14.9 Å². The molecule has 0 radical (unpaired) electrons. The number of aryl methyl sites for hydroxylation is 1. The van der Waals surface area contributed by atoms with Crippen LogP contribution >= 0.6 is 0 Å². The number of nitrogens with zero attached hydrogens (tertiary/aromatic N) is 1. The Hall–Kier alpha value is -2.75. The van der Waals surface area contributed by atoms with E-state index in [1.165, 1.54) is 12.1 Å². The highest BCUT2D eigenvalue weighted by Crippen LogP contribution is 2.21. The highest BCUT2D eigenvalue weighted by molar-refractivity contribution is 6.06. The summed E-state index contributed by atoms with van der Waals surface area (Å²) in [6.07, 6.45) is 3.63. The summed E-state index contributed by atoms with van der Waals surface area (Å²) in [6.45, 7) is 1.87. The largest absolute Gasteiger partial charge is 0.289 e. The molecule has 0 amide bonds. The van der Waals surface area contributed by atoms with Crippen molar-refractivity contribution in [2.24, 2.45) is 0 Å². The van der Waals surface area contributed by atoms with Gasteiger partial charge in [-0.1, -0.05) is 55.5 Å². The van der Waals surface area contributed by atoms with Gasteiger partial charge in [-0.15, -0.1) is 0 Å². The van der Waals surface area contributed by atoms with Gasteiger partial charge in [0.1, 0.15) is 0 Å². The normalized spacial score (nSPS) is 10.7. The fraction of sp³-hybridized carbons (Fsp3) is 0.118. The van der Waals surface area contributed by atoms with Crippen molar-refractivity contribution in [1.29, 1.82) is 0 Å². The fourth-order valence-corrected chi connectivity index (χ4v) is 2.02. The van der Waals surface area contributed by atoms with Crippen molar-refractivity contribution in [2.45, 2.75) is 13.3 Å². The van der Waals surface area contributed by atoms with Gasteiger partial charge in [0.15, 0.2) is 5.78 Å². The molecule has 0 aliphatic carbocycles. The fourth-order valence-electron chi connectivity index (χ4n) is 2.02. The average Bonchev–Trinajstić information content (AvgIpc) is 2.53. The van der Waals surface area contributed by atoms with Crippen LogP contribution in [0.3, 0.4) is 0 Å². The molecule has 0 saturated carbocycles. The summed E-state index contributed by atoms with van der Waals surface area (Å²) < 4.78 is 0. The summed E-state index contributed by atoms with van der Waals surface area (Å²) in [5, 5.41) is 11.0. The average molecular weight is 281 g/mol. The molecule has 0 aliphatic heterocycles. The van der Waals surface area contributed by atoms with Gasteiger partial charge in [-0.05, 0) is 18.1 Å². The van der Waals surface area contributed by atoms with Gasteiger partial charge in [0, 0.05) is 17.2 Å². The summed E-state index contributed by atoms with van der Waals surface area (Å²) >= 11 is 0. The molecule has 0 N–H and O–H groups in total. The predicted molar refractivity (Wildman–Crippen MR) is 82.3 cm³/mol. The molecule has 2 aromatic rings. The zero-order chi connectivity index (χ0) is 15.2. The topological polar surface area (TPSA) is 60.2 Å². The van der Waals surface area contributed by atoms with Gasteiger partial charge >= 0.3 is 0 Å². The molecule has 0 spiro atoms. The molecule has 4 heteroatoms. The Morgan fingerprint density at radius 2 is 1.90 bits per heavy atom. The van der Waals surface area contributed by atoms with Gasteiger partial charge in [-0.2, -0.15) is 0 Å². The molecule has 2 aromatic carbocycles. The van der Waals surface area contributed by atoms with Crippen LogP contribution in [-0.2, 0) is 6.42 Å². The van der Waals surface area contributed by atoms with Crippen LogP contribution in [0.2, 0.25) is 0 Å². The standard InChI is InChI=1S/C17H15NO3/c1-2-14-10-8-13(12-16(14)18(20)21)9-11-17(19)15-6-4-3-5-7-15/h3-12H,2H2,1H3/b11-9+. The second-order valence-electron chi connectivity index (χ2n) is 4.56. The van der Waals surface area contributed by atoms with E-state index in [-0.39, 0.29) is 11.5 Å². The van der Waals surface area contributed by atoms with Crippen molar-refractivity contribution in [2.75, 3.05) is 0 Å². The minimum atomic E-state index is -0.394. The second-order valence-corrected chi connectivity index (χ2v) is 4.56. The first-order valence-electron chi connectivity index (χ1n) is 6.66. The number of benzene rings is 2. The number of carbonyl (C=O) groups is 1. The molecular formula is C17H15NO3. The summed E-state index contributed by atoms with van der Waals surface area (Å²) in [5.41, 5.74) is 2.01. The Labute approximate surface area is 122 Å². The second kappa shape index (κ2) is 6.61. The first-order chi connectivity index (χ1) is 10.1. The molecule has 0 atom stereocenters. The Kier molecular flexibility index (Phi) is 4.61. The molecule has 0 aliphatic rings. The van der Waals surface area contributed by atoms with Crippen LogP contribution in [0.4, 0.5) is 5.69 Å². The summed E-state index contributed by atoms with van der Waals surface area (Å²) in [6, 6.07) is 13.9. The third-order valence-corrected chi connectivity index (χ3v) is 3.17. The highest BCUT2D eigenvalue weighted by Gasteiger charge is 2.12. The number of hydrogen-bond acceptors (Lipinski definition) is 3. The Bertz CT molecular complexity index is 690. The Morgan fingerprint density at radius 3 is 2.52 bits per heavy atom. The maximum atomic E-state index is 11.9. The summed E-state index contributed by atoms with van der Waals surface area (Å²) in [7, 11) is 0. The van der Waals surface area contributed by atoms with Crippen LogP contribution in [-0.4, -0.2) is 10.7 Å². The van der Waals surface area contributed by atoms with E-state index < -0.39 is 4.92 Å². The smallest absolute Gasteiger partial charge is 0.273 e. The minimum absolute atomic E-state index is 0.0896. The number of allylic oxidation sites excluding steroid dienone is 1. The molecule has 21 heavy (non-hydrogen) atoms. The molecule has 0 bridgehead atoms. The Balaban J connectivity index is 2.24. The first kappa shape index (κ1) is 14.7. The molecule has 0 fully saturated rings. The summed E-state index contributed by atoms with van der Waals surface area (Å²) in [4.78, 5) is 22.6. The molecule has 4 nitrogen and oxygen atoms in total. The third-order valence-electron chi connectivity index (χ3n) is 3.17. The van der Waals surface area contributed by atoms with Crippen LogP contribution in [0, 0.1) is 10.1 Å². The molecule has 0 unspecified atom stereocenters. The zero-order valence-corrected chi connectivity index (χ0v) is 11.7. The third kappa shape index (κ3) is 3.63. The minimum Gasteiger partial charge on any atom is -0.289 e. The number of nitro groups is 1. The number of rotatable bonds is 5. The van der Waals surface area contributed by atoms with E-state index in [1.807, 2.05) is 13.0 Å². The lowest BCUT2D eigenvalue weighted by atomic mass is 10.1. The number of ketones is 1. The van der Waals surface area contributed by atoms with E-state index in [0.29, 0.717) is 23.1 Å². The van der Waals surface area contributed by atoms with Crippen LogP contribution in [0.1, 0.15) is 28.4 Å². The van der Waals surface area contributed by atoms with Crippen molar-refractivity contribution in [3.8, 4) is 0 Å². The first-order valence-corrected chi connectivity index (χ1v) is 6.66. The van der Waals surface area contributed by atoms with Crippen molar-refractivity contribution in [1.82, 2.24) is 0 Å². The van der Waals surface area contributed by atoms with Gasteiger partial charge in [0.2, 0.25) is 0 Å². The van der Waals surface area contributed by atoms with E-state index in [4.69, 9.17) is 0 Å². The predicted octanol–water partition coefficient (Wildman–Crippen LogP) is 4.05. The van der Waals surface area contributed by atoms with E-state index in [1.54, 1.807) is 42.5 Å². The van der Waals surface area contributed by atoms with Crippen molar-refractivity contribution in [3.05, 3.63) is 81.4 Å². The lowest BCUT2D eigenvalue weighted by Gasteiger charge is -2.01. The maximum Gasteiger partial charge on any atom is 0.273 e. The zero-order valence-electron chi connectivity index (χ0n) is 11.7. The highest BCUT2D eigenvalue weighted by atomic mass is 16.6. The molecule has 0 heterocycles. The van der Waals surface area contributed by atoms with E-state index >= 15 is 0 Å². The van der Waals surface area contributed by atoms with Gasteiger partial charge in [-0.3, -0.25) is 14.9 Å². The maximum absolute atomic E-state index is 11.9. The van der Waals surface area contributed by atoms with E-state index in [0.717, 1.165) is 0 Å². The number of nitro benzene ring substituents is 1. The SMILES string of the molecule is CCc1ccc(/C=C/C(=O)c2ccccc2)cc1[N+](=O)[O-]. The quantitative estimate of drug-likeness (QED) is 0.359. The van der Waals surface area contributed by atoms with Crippen molar-refractivity contribution < 1.29 is 9.72 Å².